The molecule has 1 amide bonds. The summed E-state index contributed by atoms with van der Waals surface area (Å²) in [6.45, 7) is 4.04. The standard InChI is InChI=1S/C14H15BrN2OS/c1-3-12(14-16-6-7-19-14)17-13(18)10-5-4-9(2)11(15)8-10/h4-8,12H,3H2,1-2H3,(H,17,18). The molecule has 3 nitrogen and oxygen atoms in total. The minimum Gasteiger partial charge on any atom is -0.343 e. The maximum Gasteiger partial charge on any atom is 0.251 e. The molecule has 1 aromatic heterocycles. The fourth-order valence-corrected chi connectivity index (χ4v) is 2.87. The summed E-state index contributed by atoms with van der Waals surface area (Å²) in [7, 11) is 0. The van der Waals surface area contributed by atoms with Crippen LogP contribution in [0.15, 0.2) is 34.2 Å². The minimum absolute atomic E-state index is 0.0208. The van der Waals surface area contributed by atoms with Gasteiger partial charge in [0.25, 0.3) is 5.91 Å². The largest absolute Gasteiger partial charge is 0.343 e. The highest BCUT2D eigenvalue weighted by Gasteiger charge is 2.16. The Morgan fingerprint density at radius 1 is 1.53 bits per heavy atom. The van der Waals surface area contributed by atoms with E-state index in [1.54, 1.807) is 17.5 Å². The molecule has 1 heterocycles. The van der Waals surface area contributed by atoms with E-state index in [4.69, 9.17) is 0 Å². The first kappa shape index (κ1) is 14.2. The predicted octanol–water partition coefficient (Wildman–Crippen LogP) is 4.10. The molecular formula is C14H15BrN2OS. The van der Waals surface area contributed by atoms with E-state index in [2.05, 4.69) is 26.2 Å². The van der Waals surface area contributed by atoms with Crippen molar-refractivity contribution in [2.24, 2.45) is 0 Å². The molecule has 1 atom stereocenters. The molecule has 1 aromatic carbocycles. The van der Waals surface area contributed by atoms with Crippen LogP contribution < -0.4 is 5.32 Å². The average molecular weight is 339 g/mol. The third-order valence-corrected chi connectivity index (χ3v) is 4.64. The summed E-state index contributed by atoms with van der Waals surface area (Å²) < 4.78 is 0.947. The highest BCUT2D eigenvalue weighted by Crippen LogP contribution is 2.21. The van der Waals surface area contributed by atoms with E-state index in [1.807, 2.05) is 37.4 Å². The summed E-state index contributed by atoms with van der Waals surface area (Å²) in [5.41, 5.74) is 1.77. The quantitative estimate of drug-likeness (QED) is 0.911. The van der Waals surface area contributed by atoms with Crippen molar-refractivity contribution in [2.75, 3.05) is 0 Å². The molecule has 0 radical (unpaired) electrons. The van der Waals surface area contributed by atoms with Gasteiger partial charge >= 0.3 is 0 Å². The Morgan fingerprint density at radius 2 is 2.32 bits per heavy atom. The number of thiazole rings is 1. The van der Waals surface area contributed by atoms with Gasteiger partial charge < -0.3 is 5.32 Å². The molecule has 0 bridgehead atoms. The van der Waals surface area contributed by atoms with Gasteiger partial charge in [0.2, 0.25) is 0 Å². The number of aromatic nitrogens is 1. The first-order valence-corrected chi connectivity index (χ1v) is 7.75. The number of carbonyl (C=O) groups excluding carboxylic acids is 1. The third kappa shape index (κ3) is 3.42. The second-order valence-electron chi connectivity index (χ2n) is 4.27. The number of amides is 1. The molecule has 5 heteroatoms. The van der Waals surface area contributed by atoms with Crippen LogP contribution in [-0.2, 0) is 0 Å². The molecule has 2 rings (SSSR count). The first-order valence-electron chi connectivity index (χ1n) is 6.08. The van der Waals surface area contributed by atoms with Gasteiger partial charge in [-0.05, 0) is 31.0 Å². The molecule has 100 valence electrons. The summed E-state index contributed by atoms with van der Waals surface area (Å²) in [5.74, 6) is -0.0669. The predicted molar refractivity (Wildman–Crippen MR) is 81.5 cm³/mol. The molecule has 0 aliphatic carbocycles. The van der Waals surface area contributed by atoms with Crippen molar-refractivity contribution in [3.05, 3.63) is 50.4 Å². The van der Waals surface area contributed by atoms with E-state index < -0.39 is 0 Å². The van der Waals surface area contributed by atoms with E-state index in [0.29, 0.717) is 5.56 Å². The third-order valence-electron chi connectivity index (χ3n) is 2.90. The normalized spacial score (nSPS) is 12.2. The van der Waals surface area contributed by atoms with Crippen molar-refractivity contribution < 1.29 is 4.79 Å². The van der Waals surface area contributed by atoms with Crippen molar-refractivity contribution in [3.8, 4) is 0 Å². The molecule has 1 N–H and O–H groups in total. The van der Waals surface area contributed by atoms with E-state index >= 15 is 0 Å². The van der Waals surface area contributed by atoms with Gasteiger partial charge in [-0.15, -0.1) is 11.3 Å². The van der Waals surface area contributed by atoms with Crippen LogP contribution in [0.5, 0.6) is 0 Å². The zero-order chi connectivity index (χ0) is 13.8. The molecule has 19 heavy (non-hydrogen) atoms. The van der Waals surface area contributed by atoms with Gasteiger partial charge in [-0.3, -0.25) is 4.79 Å². The number of benzene rings is 1. The zero-order valence-electron chi connectivity index (χ0n) is 10.8. The zero-order valence-corrected chi connectivity index (χ0v) is 13.2. The van der Waals surface area contributed by atoms with Crippen LogP contribution in [0.1, 0.15) is 40.3 Å². The van der Waals surface area contributed by atoms with Crippen LogP contribution in [0, 0.1) is 6.92 Å². The number of nitrogens with one attached hydrogen (secondary N) is 1. The van der Waals surface area contributed by atoms with Gasteiger partial charge in [0, 0.05) is 21.6 Å². The maximum absolute atomic E-state index is 12.2. The molecule has 0 saturated heterocycles. The summed E-state index contributed by atoms with van der Waals surface area (Å²) in [4.78, 5) is 16.5. The topological polar surface area (TPSA) is 42.0 Å². The maximum atomic E-state index is 12.2. The first-order chi connectivity index (χ1) is 9.11. The molecule has 0 fully saturated rings. The molecule has 1 unspecified atom stereocenters. The molecular weight excluding hydrogens is 324 g/mol. The monoisotopic (exact) mass is 338 g/mol. The van der Waals surface area contributed by atoms with Crippen molar-refractivity contribution in [1.29, 1.82) is 0 Å². The molecule has 0 saturated carbocycles. The summed E-state index contributed by atoms with van der Waals surface area (Å²) in [6, 6.07) is 5.60. The molecule has 0 aliphatic heterocycles. The Balaban J connectivity index is 2.13. The second-order valence-corrected chi connectivity index (χ2v) is 6.05. The highest BCUT2D eigenvalue weighted by atomic mass is 79.9. The van der Waals surface area contributed by atoms with Crippen molar-refractivity contribution in [2.45, 2.75) is 26.3 Å². The van der Waals surface area contributed by atoms with E-state index in [0.717, 1.165) is 21.5 Å². The van der Waals surface area contributed by atoms with Crippen LogP contribution in [0.3, 0.4) is 0 Å². The minimum atomic E-state index is -0.0669. The number of halogens is 1. The van der Waals surface area contributed by atoms with Crippen LogP contribution in [0.25, 0.3) is 0 Å². The van der Waals surface area contributed by atoms with Crippen LogP contribution in [-0.4, -0.2) is 10.9 Å². The van der Waals surface area contributed by atoms with Crippen LogP contribution >= 0.6 is 27.3 Å². The van der Waals surface area contributed by atoms with Gasteiger partial charge in [-0.25, -0.2) is 4.98 Å². The van der Waals surface area contributed by atoms with E-state index in [-0.39, 0.29) is 11.9 Å². The van der Waals surface area contributed by atoms with Gasteiger partial charge in [-0.2, -0.15) is 0 Å². The average Bonchev–Trinajstić information content (AvgIpc) is 2.92. The van der Waals surface area contributed by atoms with E-state index in [9.17, 15) is 4.79 Å². The Hall–Kier alpha value is -1.20. The highest BCUT2D eigenvalue weighted by molar-refractivity contribution is 9.10. The fourth-order valence-electron chi connectivity index (χ4n) is 1.72. The molecule has 0 aliphatic rings. The molecule has 2 aromatic rings. The lowest BCUT2D eigenvalue weighted by Crippen LogP contribution is -2.28. The summed E-state index contributed by atoms with van der Waals surface area (Å²) in [6.07, 6.45) is 2.59. The number of aryl methyl sites for hydroxylation is 1. The lowest BCUT2D eigenvalue weighted by molar-refractivity contribution is 0.0935. The van der Waals surface area contributed by atoms with Crippen molar-refractivity contribution in [3.63, 3.8) is 0 Å². The van der Waals surface area contributed by atoms with Gasteiger partial charge in [0.1, 0.15) is 5.01 Å². The second kappa shape index (κ2) is 6.30. The summed E-state index contributed by atoms with van der Waals surface area (Å²) >= 11 is 5.01. The number of hydrogen-bond acceptors (Lipinski definition) is 3. The molecule has 0 spiro atoms. The Morgan fingerprint density at radius 3 is 2.89 bits per heavy atom. The van der Waals surface area contributed by atoms with Crippen LogP contribution in [0.4, 0.5) is 0 Å². The van der Waals surface area contributed by atoms with Gasteiger partial charge in [-0.1, -0.05) is 28.9 Å². The smallest absolute Gasteiger partial charge is 0.251 e. The Labute approximate surface area is 125 Å². The van der Waals surface area contributed by atoms with E-state index in [1.165, 1.54) is 0 Å². The lowest BCUT2D eigenvalue weighted by atomic mass is 10.1. The Bertz CT molecular complexity index is 569. The SMILES string of the molecule is CCC(NC(=O)c1ccc(C)c(Br)c1)c1nccs1. The number of hydrogen-bond donors (Lipinski definition) is 1. The number of rotatable bonds is 4. The summed E-state index contributed by atoms with van der Waals surface area (Å²) in [5, 5.41) is 5.89. The van der Waals surface area contributed by atoms with Crippen molar-refractivity contribution in [1.82, 2.24) is 10.3 Å². The van der Waals surface area contributed by atoms with Crippen molar-refractivity contribution >= 4 is 33.2 Å². The number of carbonyl (C=O) groups is 1. The fraction of sp³-hybridized carbons (Fsp3) is 0.286. The van der Waals surface area contributed by atoms with Crippen LogP contribution in [0.2, 0.25) is 0 Å². The van der Waals surface area contributed by atoms with Gasteiger partial charge in [0.05, 0.1) is 6.04 Å². The lowest BCUT2D eigenvalue weighted by Gasteiger charge is -2.14. The number of nitrogens with zero attached hydrogens (tertiary/aromatic N) is 1. The Kier molecular flexibility index (Phi) is 4.71. The van der Waals surface area contributed by atoms with Gasteiger partial charge in [0.15, 0.2) is 0 Å².